The van der Waals surface area contributed by atoms with E-state index in [0.29, 0.717) is 19.0 Å². The maximum absolute atomic E-state index is 11.9. The Morgan fingerprint density at radius 3 is 2.47 bits per heavy atom. The number of likely N-dealkylation sites (N-methyl/N-ethyl adjacent to an activating group) is 1. The zero-order chi connectivity index (χ0) is 13.9. The van der Waals surface area contributed by atoms with Crippen LogP contribution in [0.5, 0.6) is 0 Å². The molecule has 1 atom stereocenters. The van der Waals surface area contributed by atoms with Crippen LogP contribution in [0.25, 0.3) is 0 Å². The van der Waals surface area contributed by atoms with Crippen molar-refractivity contribution in [3.8, 4) is 0 Å². The summed E-state index contributed by atoms with van der Waals surface area (Å²) in [6.45, 7) is 0.376. The highest BCUT2D eigenvalue weighted by Gasteiger charge is 2.29. The molecule has 5 nitrogen and oxygen atoms in total. The number of nitrogens with zero attached hydrogens (tertiary/aromatic N) is 1. The van der Waals surface area contributed by atoms with Gasteiger partial charge in [0, 0.05) is 12.1 Å². The van der Waals surface area contributed by atoms with E-state index >= 15 is 0 Å². The lowest BCUT2D eigenvalue weighted by atomic mass is 9.94. The van der Waals surface area contributed by atoms with Crippen molar-refractivity contribution in [3.05, 3.63) is 0 Å². The van der Waals surface area contributed by atoms with Crippen molar-refractivity contribution in [2.75, 3.05) is 25.1 Å². The molecule has 0 radical (unpaired) electrons. The van der Waals surface area contributed by atoms with Crippen LogP contribution < -0.4 is 5.32 Å². The number of hydrogen-bond acceptors (Lipinski definition) is 4. The molecule has 6 heteroatoms. The Kier molecular flexibility index (Phi) is 4.84. The molecule has 1 saturated carbocycles. The molecule has 1 aliphatic carbocycles. The fourth-order valence-corrected chi connectivity index (χ4v) is 4.73. The SMILES string of the molecule is CN(CC(=O)N[C@H]1CCS(=O)(=O)C1)C1CCCCC1. The zero-order valence-electron chi connectivity index (χ0n) is 11.6. The fraction of sp³-hybridized carbons (Fsp3) is 0.923. The molecule has 0 aromatic heterocycles. The van der Waals surface area contributed by atoms with Crippen LogP contribution in [0.3, 0.4) is 0 Å². The van der Waals surface area contributed by atoms with Gasteiger partial charge in [0.1, 0.15) is 0 Å². The van der Waals surface area contributed by atoms with Gasteiger partial charge in [0.15, 0.2) is 9.84 Å². The lowest BCUT2D eigenvalue weighted by Crippen LogP contribution is -2.44. The molecule has 2 rings (SSSR count). The Balaban J connectivity index is 1.74. The molecule has 1 heterocycles. The third-order valence-corrected chi connectivity index (χ3v) is 5.96. The van der Waals surface area contributed by atoms with Gasteiger partial charge in [0.05, 0.1) is 18.1 Å². The Bertz CT molecular complexity index is 416. The quantitative estimate of drug-likeness (QED) is 0.820. The maximum atomic E-state index is 11.9. The van der Waals surface area contributed by atoms with Gasteiger partial charge in [0.25, 0.3) is 0 Å². The van der Waals surface area contributed by atoms with Crippen LogP contribution >= 0.6 is 0 Å². The normalized spacial score (nSPS) is 27.6. The maximum Gasteiger partial charge on any atom is 0.234 e. The highest BCUT2D eigenvalue weighted by molar-refractivity contribution is 7.91. The standard InChI is InChI=1S/C13H24N2O3S/c1-15(12-5-3-2-4-6-12)9-13(16)14-11-7-8-19(17,18)10-11/h11-12H,2-10H2,1H3,(H,14,16)/t11-/m0/s1. The van der Waals surface area contributed by atoms with Gasteiger partial charge in [-0.25, -0.2) is 8.42 Å². The molecule has 1 aliphatic heterocycles. The van der Waals surface area contributed by atoms with Crippen LogP contribution in [0, 0.1) is 0 Å². The number of amides is 1. The molecule has 2 fully saturated rings. The van der Waals surface area contributed by atoms with Crippen molar-refractivity contribution in [1.82, 2.24) is 10.2 Å². The third-order valence-electron chi connectivity index (χ3n) is 4.19. The minimum Gasteiger partial charge on any atom is -0.351 e. The summed E-state index contributed by atoms with van der Waals surface area (Å²) in [5, 5.41) is 2.84. The zero-order valence-corrected chi connectivity index (χ0v) is 12.4. The molecule has 1 amide bonds. The summed E-state index contributed by atoms with van der Waals surface area (Å²) in [6.07, 6.45) is 6.69. The molecule has 0 spiro atoms. The lowest BCUT2D eigenvalue weighted by Gasteiger charge is -2.30. The van der Waals surface area contributed by atoms with E-state index in [9.17, 15) is 13.2 Å². The topological polar surface area (TPSA) is 66.5 Å². The average molecular weight is 288 g/mol. The van der Waals surface area contributed by atoms with Gasteiger partial charge in [-0.3, -0.25) is 9.69 Å². The van der Waals surface area contributed by atoms with Gasteiger partial charge in [-0.2, -0.15) is 0 Å². The Hall–Kier alpha value is -0.620. The lowest BCUT2D eigenvalue weighted by molar-refractivity contribution is -0.123. The van der Waals surface area contributed by atoms with E-state index in [1.54, 1.807) is 0 Å². The first kappa shape index (κ1) is 14.8. The van der Waals surface area contributed by atoms with E-state index in [1.807, 2.05) is 7.05 Å². The summed E-state index contributed by atoms with van der Waals surface area (Å²) in [7, 11) is -0.931. The van der Waals surface area contributed by atoms with E-state index < -0.39 is 9.84 Å². The Morgan fingerprint density at radius 2 is 1.89 bits per heavy atom. The molecular weight excluding hydrogens is 264 g/mol. The molecule has 0 bridgehead atoms. The van der Waals surface area contributed by atoms with Crippen LogP contribution in [0.1, 0.15) is 38.5 Å². The number of nitrogens with one attached hydrogen (secondary N) is 1. The summed E-state index contributed by atoms with van der Waals surface area (Å²) in [5.41, 5.74) is 0. The van der Waals surface area contributed by atoms with Gasteiger partial charge in [-0.05, 0) is 26.3 Å². The van der Waals surface area contributed by atoms with Crippen molar-refractivity contribution in [2.24, 2.45) is 0 Å². The van der Waals surface area contributed by atoms with Crippen molar-refractivity contribution in [1.29, 1.82) is 0 Å². The van der Waals surface area contributed by atoms with Crippen LogP contribution in [0.15, 0.2) is 0 Å². The van der Waals surface area contributed by atoms with E-state index in [-0.39, 0.29) is 23.5 Å². The molecule has 0 aromatic rings. The highest BCUT2D eigenvalue weighted by Crippen LogP contribution is 2.21. The van der Waals surface area contributed by atoms with Crippen LogP contribution in [-0.2, 0) is 14.6 Å². The first-order valence-electron chi connectivity index (χ1n) is 7.16. The van der Waals surface area contributed by atoms with Crippen LogP contribution in [0.4, 0.5) is 0 Å². The second-order valence-corrected chi connectivity index (χ2v) is 8.10. The average Bonchev–Trinajstić information content (AvgIpc) is 2.69. The predicted octanol–water partition coefficient (Wildman–Crippen LogP) is 0.554. The molecule has 19 heavy (non-hydrogen) atoms. The molecule has 0 aromatic carbocycles. The molecule has 0 unspecified atom stereocenters. The van der Waals surface area contributed by atoms with Gasteiger partial charge >= 0.3 is 0 Å². The number of sulfone groups is 1. The third kappa shape index (κ3) is 4.45. The summed E-state index contributed by atoms with van der Waals surface area (Å²) in [5.74, 6) is 0.262. The van der Waals surface area contributed by atoms with Gasteiger partial charge in [-0.1, -0.05) is 19.3 Å². The summed E-state index contributed by atoms with van der Waals surface area (Å²) in [4.78, 5) is 14.0. The van der Waals surface area contributed by atoms with Gasteiger partial charge < -0.3 is 5.32 Å². The first-order valence-corrected chi connectivity index (χ1v) is 8.98. The number of carbonyl (C=O) groups excluding carboxylic acids is 1. The highest BCUT2D eigenvalue weighted by atomic mass is 32.2. The van der Waals surface area contributed by atoms with E-state index in [1.165, 1.54) is 32.1 Å². The smallest absolute Gasteiger partial charge is 0.234 e. The van der Waals surface area contributed by atoms with Crippen molar-refractivity contribution in [3.63, 3.8) is 0 Å². The van der Waals surface area contributed by atoms with E-state index in [2.05, 4.69) is 10.2 Å². The molecular formula is C13H24N2O3S. The van der Waals surface area contributed by atoms with Crippen molar-refractivity contribution < 1.29 is 13.2 Å². The predicted molar refractivity (Wildman–Crippen MR) is 74.7 cm³/mol. The number of rotatable bonds is 4. The monoisotopic (exact) mass is 288 g/mol. The summed E-state index contributed by atoms with van der Waals surface area (Å²) >= 11 is 0. The largest absolute Gasteiger partial charge is 0.351 e. The minimum atomic E-state index is -2.92. The Labute approximate surface area is 115 Å². The van der Waals surface area contributed by atoms with E-state index in [0.717, 1.165) is 0 Å². The van der Waals surface area contributed by atoms with Crippen molar-refractivity contribution in [2.45, 2.75) is 50.6 Å². The molecule has 110 valence electrons. The first-order chi connectivity index (χ1) is 8.96. The second-order valence-electron chi connectivity index (χ2n) is 5.87. The summed E-state index contributed by atoms with van der Waals surface area (Å²) < 4.78 is 22.7. The molecule has 1 N–H and O–H groups in total. The van der Waals surface area contributed by atoms with Gasteiger partial charge in [-0.15, -0.1) is 0 Å². The number of hydrogen-bond donors (Lipinski definition) is 1. The van der Waals surface area contributed by atoms with Crippen molar-refractivity contribution >= 4 is 15.7 Å². The fourth-order valence-electron chi connectivity index (χ4n) is 3.06. The molecule has 1 saturated heterocycles. The minimum absolute atomic E-state index is 0.0461. The van der Waals surface area contributed by atoms with Gasteiger partial charge in [0.2, 0.25) is 5.91 Å². The molecule has 2 aliphatic rings. The van der Waals surface area contributed by atoms with Crippen LogP contribution in [0.2, 0.25) is 0 Å². The van der Waals surface area contributed by atoms with Crippen LogP contribution in [-0.4, -0.2) is 56.4 Å². The summed E-state index contributed by atoms with van der Waals surface area (Å²) in [6, 6.07) is 0.323. The second kappa shape index (κ2) is 6.22. The Morgan fingerprint density at radius 1 is 1.21 bits per heavy atom. The van der Waals surface area contributed by atoms with E-state index in [4.69, 9.17) is 0 Å². The number of carbonyl (C=O) groups is 1.